The third-order valence-corrected chi connectivity index (χ3v) is 5.85. The van der Waals surface area contributed by atoms with Crippen molar-refractivity contribution in [2.75, 3.05) is 0 Å². The van der Waals surface area contributed by atoms with Crippen molar-refractivity contribution in [2.24, 2.45) is 0 Å². The Morgan fingerprint density at radius 1 is 0.941 bits per heavy atom. The van der Waals surface area contributed by atoms with Gasteiger partial charge in [-0.3, -0.25) is 0 Å². The third-order valence-electron chi connectivity index (χ3n) is 3.18. The van der Waals surface area contributed by atoms with Crippen LogP contribution < -0.4 is 4.46 Å². The monoisotopic (exact) mass is 290 g/mol. The van der Waals surface area contributed by atoms with Gasteiger partial charge in [-0.2, -0.15) is 0 Å². The molecule has 2 atom stereocenters. The van der Waals surface area contributed by atoms with Crippen molar-refractivity contribution < 1.29 is 5.11 Å². The van der Waals surface area contributed by atoms with Gasteiger partial charge in [0.25, 0.3) is 0 Å². The van der Waals surface area contributed by atoms with Gasteiger partial charge in [-0.1, -0.05) is 0 Å². The normalized spacial score (nSPS) is 22.4. The summed E-state index contributed by atoms with van der Waals surface area (Å²) in [7, 11) is 0. The molecule has 0 spiro atoms. The van der Waals surface area contributed by atoms with E-state index in [1.54, 1.807) is 0 Å². The number of rotatable bonds is 2. The summed E-state index contributed by atoms with van der Waals surface area (Å²) in [6.45, 7) is 0. The van der Waals surface area contributed by atoms with Crippen LogP contribution in [0.3, 0.4) is 0 Å². The molecule has 0 fully saturated rings. The Morgan fingerprint density at radius 3 is 2.41 bits per heavy atom. The summed E-state index contributed by atoms with van der Waals surface area (Å²) >= 11 is 0.347. The van der Waals surface area contributed by atoms with Gasteiger partial charge in [0, 0.05) is 0 Å². The van der Waals surface area contributed by atoms with Crippen LogP contribution in [0.25, 0.3) is 0 Å². The minimum atomic E-state index is -0.272. The molecule has 1 aliphatic rings. The van der Waals surface area contributed by atoms with Gasteiger partial charge in [-0.15, -0.1) is 0 Å². The zero-order valence-electron chi connectivity index (χ0n) is 9.41. The van der Waals surface area contributed by atoms with E-state index in [-0.39, 0.29) is 6.10 Å². The predicted octanol–water partition coefficient (Wildman–Crippen LogP) is 2.09. The number of fused-ring (bicyclic) bond motifs is 1. The standard InChI is InChI=1S/C15H14OSe/c16-15-13-9-5-4-6-11(13)10-14(15)17-12-7-2-1-3-8-12/h1-9,14-16H,10H2/t14-,15-/m0/s1. The maximum absolute atomic E-state index is 10.3. The van der Waals surface area contributed by atoms with Crippen LogP contribution in [0.5, 0.6) is 0 Å². The van der Waals surface area contributed by atoms with E-state index in [2.05, 4.69) is 42.5 Å². The SMILES string of the molecule is O[C@H]1c2ccccc2C[C@@H]1[Se]c1ccccc1. The molecule has 0 unspecified atom stereocenters. The molecule has 3 rings (SSSR count). The number of hydrogen-bond acceptors (Lipinski definition) is 1. The van der Waals surface area contributed by atoms with Gasteiger partial charge < -0.3 is 0 Å². The molecule has 0 aliphatic heterocycles. The molecule has 2 heteroatoms. The van der Waals surface area contributed by atoms with Gasteiger partial charge in [0.2, 0.25) is 0 Å². The van der Waals surface area contributed by atoms with Gasteiger partial charge in [0.05, 0.1) is 0 Å². The Hall–Kier alpha value is -1.08. The summed E-state index contributed by atoms with van der Waals surface area (Å²) in [4.78, 5) is 0.391. The van der Waals surface area contributed by atoms with Gasteiger partial charge in [0.15, 0.2) is 0 Å². The van der Waals surface area contributed by atoms with E-state index in [9.17, 15) is 5.11 Å². The summed E-state index contributed by atoms with van der Waals surface area (Å²) in [6, 6.07) is 18.8. The molecule has 0 saturated heterocycles. The second-order valence-electron chi connectivity index (χ2n) is 4.32. The van der Waals surface area contributed by atoms with E-state index in [0.717, 1.165) is 12.0 Å². The molecule has 0 saturated carbocycles. The van der Waals surface area contributed by atoms with Crippen molar-refractivity contribution in [3.8, 4) is 0 Å². The minimum absolute atomic E-state index is 0.272. The van der Waals surface area contributed by atoms with E-state index in [0.29, 0.717) is 19.8 Å². The first-order valence-corrected chi connectivity index (χ1v) is 7.67. The second-order valence-corrected chi connectivity index (χ2v) is 7.07. The Bertz CT molecular complexity index is 509. The molecule has 1 N–H and O–H groups in total. The summed E-state index contributed by atoms with van der Waals surface area (Å²) in [5.41, 5.74) is 2.46. The van der Waals surface area contributed by atoms with E-state index in [4.69, 9.17) is 0 Å². The van der Waals surface area contributed by atoms with Crippen LogP contribution in [0.4, 0.5) is 0 Å². The molecular formula is C15H14OSe. The zero-order valence-corrected chi connectivity index (χ0v) is 11.1. The first-order valence-electron chi connectivity index (χ1n) is 5.82. The fraction of sp³-hybridized carbons (Fsp3) is 0.200. The Kier molecular flexibility index (Phi) is 3.02. The predicted molar refractivity (Wildman–Crippen MR) is 70.7 cm³/mol. The Labute approximate surface area is 108 Å². The van der Waals surface area contributed by atoms with Crippen molar-refractivity contribution in [1.29, 1.82) is 0 Å². The van der Waals surface area contributed by atoms with Crippen LogP contribution in [0.2, 0.25) is 4.82 Å². The van der Waals surface area contributed by atoms with Gasteiger partial charge in [-0.25, -0.2) is 0 Å². The second kappa shape index (κ2) is 4.66. The molecule has 1 nitrogen and oxygen atoms in total. The van der Waals surface area contributed by atoms with E-state index in [1.807, 2.05) is 12.1 Å². The molecule has 0 radical (unpaired) electrons. The van der Waals surface area contributed by atoms with Gasteiger partial charge in [0.1, 0.15) is 0 Å². The van der Waals surface area contributed by atoms with Crippen LogP contribution >= 0.6 is 0 Å². The summed E-state index contributed by atoms with van der Waals surface area (Å²) in [5.74, 6) is 0. The fourth-order valence-corrected chi connectivity index (χ4v) is 4.84. The number of aliphatic hydroxyl groups excluding tert-OH is 1. The first-order chi connectivity index (χ1) is 8.34. The summed E-state index contributed by atoms with van der Waals surface area (Å²) in [5, 5.41) is 10.3. The van der Waals surface area contributed by atoms with Crippen LogP contribution in [0.1, 0.15) is 17.2 Å². The molecule has 1 aliphatic carbocycles. The van der Waals surface area contributed by atoms with Crippen LogP contribution in [-0.4, -0.2) is 20.1 Å². The number of hydrogen-bond donors (Lipinski definition) is 1. The van der Waals surface area contributed by atoms with Crippen molar-refractivity contribution in [3.05, 3.63) is 65.7 Å². The van der Waals surface area contributed by atoms with Crippen LogP contribution in [0, 0.1) is 0 Å². The molecular weight excluding hydrogens is 275 g/mol. The average Bonchev–Trinajstić information content (AvgIpc) is 2.68. The Balaban J connectivity index is 1.81. The first kappa shape index (κ1) is 11.0. The van der Waals surface area contributed by atoms with Crippen molar-refractivity contribution in [1.82, 2.24) is 0 Å². The van der Waals surface area contributed by atoms with E-state index >= 15 is 0 Å². The van der Waals surface area contributed by atoms with E-state index < -0.39 is 0 Å². The fourth-order valence-electron chi connectivity index (χ4n) is 2.32. The molecule has 0 amide bonds. The Morgan fingerprint density at radius 2 is 1.65 bits per heavy atom. The number of benzene rings is 2. The van der Waals surface area contributed by atoms with E-state index in [1.165, 1.54) is 10.0 Å². The van der Waals surface area contributed by atoms with Gasteiger partial charge in [-0.05, 0) is 0 Å². The molecule has 0 aromatic heterocycles. The maximum atomic E-state index is 10.3. The van der Waals surface area contributed by atoms with Gasteiger partial charge >= 0.3 is 108 Å². The summed E-state index contributed by atoms with van der Waals surface area (Å²) < 4.78 is 1.37. The molecule has 17 heavy (non-hydrogen) atoms. The third kappa shape index (κ3) is 2.16. The molecule has 2 aromatic carbocycles. The topological polar surface area (TPSA) is 20.2 Å². The summed E-state index contributed by atoms with van der Waals surface area (Å²) in [6.07, 6.45) is 0.748. The molecule has 2 aromatic rings. The molecule has 0 heterocycles. The van der Waals surface area contributed by atoms with Crippen LogP contribution in [-0.2, 0) is 6.42 Å². The van der Waals surface area contributed by atoms with Crippen molar-refractivity contribution in [2.45, 2.75) is 17.3 Å². The molecule has 86 valence electrons. The molecule has 0 bridgehead atoms. The van der Waals surface area contributed by atoms with Crippen LogP contribution in [0.15, 0.2) is 54.6 Å². The quantitative estimate of drug-likeness (QED) is 0.839. The van der Waals surface area contributed by atoms with Crippen molar-refractivity contribution in [3.63, 3.8) is 0 Å². The van der Waals surface area contributed by atoms with Crippen molar-refractivity contribution >= 4 is 19.4 Å². The average molecular weight is 289 g/mol. The zero-order chi connectivity index (χ0) is 11.7. The number of aliphatic hydroxyl groups is 1.